The summed E-state index contributed by atoms with van der Waals surface area (Å²) in [6, 6.07) is 0. The molecule has 0 aromatic carbocycles. The van der Waals surface area contributed by atoms with Crippen LogP contribution in [0.2, 0.25) is 0 Å². The molecule has 12 heavy (non-hydrogen) atoms. The van der Waals surface area contributed by atoms with Crippen LogP contribution in [0, 0.1) is 13.8 Å². The van der Waals surface area contributed by atoms with Crippen LogP contribution in [0.4, 0.5) is 0 Å². The lowest BCUT2D eigenvalue weighted by atomic mass is 9.90. The van der Waals surface area contributed by atoms with Crippen LogP contribution in [-0.4, -0.2) is 11.0 Å². The van der Waals surface area contributed by atoms with E-state index in [0.29, 0.717) is 5.88 Å². The highest BCUT2D eigenvalue weighted by molar-refractivity contribution is 6.18. The Balaban J connectivity index is 3.11. The summed E-state index contributed by atoms with van der Waals surface area (Å²) in [6.45, 7) is 8.04. The van der Waals surface area contributed by atoms with Gasteiger partial charge in [0.05, 0.1) is 5.69 Å². The monoisotopic (exact) mass is 187 g/mol. The van der Waals surface area contributed by atoms with Gasteiger partial charge in [0, 0.05) is 16.9 Å². The molecule has 1 aromatic heterocycles. The van der Waals surface area contributed by atoms with Gasteiger partial charge in [-0.3, -0.25) is 0 Å². The molecule has 2 nitrogen and oxygen atoms in total. The lowest BCUT2D eigenvalue weighted by Crippen LogP contribution is -2.19. The first-order valence-corrected chi connectivity index (χ1v) is 4.52. The third-order valence-electron chi connectivity index (χ3n) is 2.11. The number of alkyl halides is 1. The molecule has 0 aliphatic rings. The average molecular weight is 188 g/mol. The minimum atomic E-state index is -0.118. The van der Waals surface area contributed by atoms with Gasteiger partial charge in [0.1, 0.15) is 5.76 Å². The third kappa shape index (κ3) is 1.48. The predicted molar refractivity (Wildman–Crippen MR) is 49.7 cm³/mol. The van der Waals surface area contributed by atoms with Crippen LogP contribution in [0.25, 0.3) is 0 Å². The Bertz CT molecular complexity index is 278. The summed E-state index contributed by atoms with van der Waals surface area (Å²) in [4.78, 5) is 0. The second kappa shape index (κ2) is 3.09. The van der Waals surface area contributed by atoms with E-state index in [2.05, 4.69) is 5.16 Å². The molecule has 0 aliphatic carbocycles. The molecule has 0 atom stereocenters. The van der Waals surface area contributed by atoms with Gasteiger partial charge < -0.3 is 4.52 Å². The van der Waals surface area contributed by atoms with Crippen molar-refractivity contribution in [2.75, 3.05) is 5.88 Å². The van der Waals surface area contributed by atoms with Crippen molar-refractivity contribution in [1.82, 2.24) is 5.16 Å². The van der Waals surface area contributed by atoms with Crippen molar-refractivity contribution in [3.63, 3.8) is 0 Å². The molecule has 0 bridgehead atoms. The van der Waals surface area contributed by atoms with Crippen LogP contribution in [0.3, 0.4) is 0 Å². The molecule has 3 heteroatoms. The molecule has 1 aromatic rings. The Morgan fingerprint density at radius 1 is 1.42 bits per heavy atom. The van der Waals surface area contributed by atoms with Gasteiger partial charge in [-0.1, -0.05) is 19.0 Å². The van der Waals surface area contributed by atoms with Gasteiger partial charge >= 0.3 is 0 Å². The first-order valence-electron chi connectivity index (χ1n) is 3.98. The zero-order valence-corrected chi connectivity index (χ0v) is 8.70. The Morgan fingerprint density at radius 3 is 2.33 bits per heavy atom. The fourth-order valence-electron chi connectivity index (χ4n) is 1.11. The smallest absolute Gasteiger partial charge is 0.146 e. The fourth-order valence-corrected chi connectivity index (χ4v) is 1.23. The van der Waals surface area contributed by atoms with E-state index in [1.54, 1.807) is 0 Å². The minimum Gasteiger partial charge on any atom is -0.360 e. The molecular formula is C9H14ClNO. The maximum Gasteiger partial charge on any atom is 0.146 e. The molecule has 0 spiro atoms. The molecule has 1 rings (SSSR count). The molecule has 0 amide bonds. The van der Waals surface area contributed by atoms with Crippen molar-refractivity contribution < 1.29 is 4.52 Å². The van der Waals surface area contributed by atoms with Crippen LogP contribution < -0.4 is 0 Å². The molecule has 0 aliphatic heterocycles. The van der Waals surface area contributed by atoms with Gasteiger partial charge in [-0.25, -0.2) is 0 Å². The van der Waals surface area contributed by atoms with E-state index in [0.717, 1.165) is 17.0 Å². The summed E-state index contributed by atoms with van der Waals surface area (Å²) in [5, 5.41) is 3.90. The van der Waals surface area contributed by atoms with E-state index in [1.165, 1.54) is 0 Å². The van der Waals surface area contributed by atoms with Crippen molar-refractivity contribution in [3.8, 4) is 0 Å². The minimum absolute atomic E-state index is 0.118. The number of aromatic nitrogens is 1. The molecule has 0 radical (unpaired) electrons. The predicted octanol–water partition coefficient (Wildman–Crippen LogP) is 2.81. The second-order valence-corrected chi connectivity index (χ2v) is 4.01. The number of hydrogen-bond acceptors (Lipinski definition) is 2. The van der Waals surface area contributed by atoms with Crippen LogP contribution >= 0.6 is 11.6 Å². The number of hydrogen-bond donors (Lipinski definition) is 0. The third-order valence-corrected chi connectivity index (χ3v) is 2.77. The molecule has 0 unspecified atom stereocenters. The van der Waals surface area contributed by atoms with Gasteiger partial charge in [-0.2, -0.15) is 0 Å². The first-order chi connectivity index (χ1) is 5.49. The highest BCUT2D eigenvalue weighted by atomic mass is 35.5. The molecule has 0 saturated carbocycles. The Hall–Kier alpha value is -0.500. The molecule has 1 heterocycles. The highest BCUT2D eigenvalue weighted by Gasteiger charge is 2.27. The summed E-state index contributed by atoms with van der Waals surface area (Å²) in [6.07, 6.45) is 0. The number of nitrogens with zero attached hydrogens (tertiary/aromatic N) is 1. The SMILES string of the molecule is Cc1noc(C(C)(C)CCl)c1C. The largest absolute Gasteiger partial charge is 0.360 e. The van der Waals surface area contributed by atoms with Crippen LogP contribution in [0.5, 0.6) is 0 Å². The molecule has 0 N–H and O–H groups in total. The first kappa shape index (κ1) is 9.59. The normalized spacial score (nSPS) is 12.1. The van der Waals surface area contributed by atoms with Gasteiger partial charge in [0.25, 0.3) is 0 Å². The number of rotatable bonds is 2. The van der Waals surface area contributed by atoms with Crippen molar-refractivity contribution in [2.45, 2.75) is 33.1 Å². The summed E-state index contributed by atoms with van der Waals surface area (Å²) in [5.41, 5.74) is 1.94. The second-order valence-electron chi connectivity index (χ2n) is 3.74. The van der Waals surface area contributed by atoms with Crippen molar-refractivity contribution in [3.05, 3.63) is 17.0 Å². The van der Waals surface area contributed by atoms with E-state index in [9.17, 15) is 0 Å². The average Bonchev–Trinajstić information content (AvgIpc) is 2.33. The summed E-state index contributed by atoms with van der Waals surface area (Å²) in [7, 11) is 0. The van der Waals surface area contributed by atoms with E-state index < -0.39 is 0 Å². The molecular weight excluding hydrogens is 174 g/mol. The van der Waals surface area contributed by atoms with Crippen LogP contribution in [0.15, 0.2) is 4.52 Å². The van der Waals surface area contributed by atoms with Gasteiger partial charge in [-0.05, 0) is 13.8 Å². The summed E-state index contributed by atoms with van der Waals surface area (Å²) < 4.78 is 5.22. The summed E-state index contributed by atoms with van der Waals surface area (Å²) >= 11 is 5.82. The van der Waals surface area contributed by atoms with E-state index in [1.807, 2.05) is 27.7 Å². The van der Waals surface area contributed by atoms with Gasteiger partial charge in [-0.15, -0.1) is 11.6 Å². The van der Waals surface area contributed by atoms with E-state index >= 15 is 0 Å². The quantitative estimate of drug-likeness (QED) is 0.666. The molecule has 0 fully saturated rings. The van der Waals surface area contributed by atoms with Crippen molar-refractivity contribution in [2.24, 2.45) is 0 Å². The number of halogens is 1. The Labute approximate surface area is 77.9 Å². The van der Waals surface area contributed by atoms with Crippen LogP contribution in [0.1, 0.15) is 30.9 Å². The zero-order valence-electron chi connectivity index (χ0n) is 7.94. The Kier molecular flexibility index (Phi) is 2.47. The van der Waals surface area contributed by atoms with Crippen molar-refractivity contribution in [1.29, 1.82) is 0 Å². The lowest BCUT2D eigenvalue weighted by Gasteiger charge is -2.17. The van der Waals surface area contributed by atoms with E-state index in [4.69, 9.17) is 16.1 Å². The van der Waals surface area contributed by atoms with Gasteiger partial charge in [0.2, 0.25) is 0 Å². The Morgan fingerprint density at radius 2 is 2.00 bits per heavy atom. The standard InChI is InChI=1S/C9H14ClNO/c1-6-7(2)11-12-8(6)9(3,4)5-10/h5H2,1-4H3. The highest BCUT2D eigenvalue weighted by Crippen LogP contribution is 2.28. The fraction of sp³-hybridized carbons (Fsp3) is 0.667. The van der Waals surface area contributed by atoms with Crippen molar-refractivity contribution >= 4 is 11.6 Å². The maximum absolute atomic E-state index is 5.82. The summed E-state index contributed by atoms with van der Waals surface area (Å²) in [5.74, 6) is 1.44. The van der Waals surface area contributed by atoms with E-state index in [-0.39, 0.29) is 5.41 Å². The number of aryl methyl sites for hydroxylation is 1. The van der Waals surface area contributed by atoms with Crippen LogP contribution in [-0.2, 0) is 5.41 Å². The lowest BCUT2D eigenvalue weighted by molar-refractivity contribution is 0.327. The molecule has 68 valence electrons. The maximum atomic E-state index is 5.82. The molecule has 0 saturated heterocycles. The topological polar surface area (TPSA) is 26.0 Å². The zero-order chi connectivity index (χ0) is 9.35. The van der Waals surface area contributed by atoms with Gasteiger partial charge in [0.15, 0.2) is 0 Å².